The van der Waals surface area contributed by atoms with Gasteiger partial charge in [0.05, 0.1) is 19.8 Å². The number of phenolic OH excluding ortho intramolecular Hbond substituents is 2. The summed E-state index contributed by atoms with van der Waals surface area (Å²) in [5.74, 6) is 1.81. The molecule has 0 saturated carbocycles. The molecule has 0 spiro atoms. The van der Waals surface area contributed by atoms with Crippen molar-refractivity contribution in [1.29, 1.82) is 0 Å². The first-order valence-electron chi connectivity index (χ1n) is 10.8. The van der Waals surface area contributed by atoms with Crippen LogP contribution >= 0.6 is 0 Å². The van der Waals surface area contributed by atoms with E-state index in [-0.39, 0.29) is 11.5 Å². The normalized spacial score (nSPS) is 13.8. The Morgan fingerprint density at radius 2 is 1.50 bits per heavy atom. The highest BCUT2D eigenvalue weighted by Crippen LogP contribution is 2.49. The molecule has 3 aromatic carbocycles. The monoisotopic (exact) mass is 435 g/mol. The molecule has 0 bridgehead atoms. The highest BCUT2D eigenvalue weighted by Gasteiger charge is 2.21. The average molecular weight is 436 g/mol. The van der Waals surface area contributed by atoms with Crippen LogP contribution in [0.25, 0.3) is 22.3 Å². The fourth-order valence-corrected chi connectivity index (χ4v) is 4.15. The van der Waals surface area contributed by atoms with Gasteiger partial charge in [0, 0.05) is 12.1 Å². The second kappa shape index (κ2) is 9.83. The summed E-state index contributed by atoms with van der Waals surface area (Å²) in [5.41, 5.74) is 2.81. The maximum atomic E-state index is 11.0. The molecule has 1 saturated heterocycles. The second-order valence-electron chi connectivity index (χ2n) is 7.85. The first kappa shape index (κ1) is 21.8. The summed E-state index contributed by atoms with van der Waals surface area (Å²) in [6.07, 6.45) is 2.55. The fraction of sp³-hybridized carbons (Fsp3) is 0.308. The molecule has 2 N–H and O–H groups in total. The number of rotatable bonds is 8. The predicted molar refractivity (Wildman–Crippen MR) is 125 cm³/mol. The number of likely N-dealkylation sites (tertiary alicyclic amines) is 1. The molecule has 3 aromatic rings. The molecule has 0 amide bonds. The zero-order valence-corrected chi connectivity index (χ0v) is 18.5. The molecule has 0 atom stereocenters. The van der Waals surface area contributed by atoms with Gasteiger partial charge < -0.3 is 24.4 Å². The minimum Gasteiger partial charge on any atom is -0.508 e. The zero-order valence-electron chi connectivity index (χ0n) is 18.5. The van der Waals surface area contributed by atoms with Crippen molar-refractivity contribution in [2.24, 2.45) is 0 Å². The number of hydrogen-bond donors (Lipinski definition) is 2. The Morgan fingerprint density at radius 3 is 2.12 bits per heavy atom. The van der Waals surface area contributed by atoms with Crippen molar-refractivity contribution in [3.8, 4) is 51.0 Å². The van der Waals surface area contributed by atoms with Crippen molar-refractivity contribution in [2.75, 3.05) is 40.5 Å². The second-order valence-corrected chi connectivity index (χ2v) is 7.85. The van der Waals surface area contributed by atoms with E-state index in [2.05, 4.69) is 4.90 Å². The van der Waals surface area contributed by atoms with Crippen LogP contribution in [0.5, 0.6) is 28.7 Å². The fourth-order valence-electron chi connectivity index (χ4n) is 4.15. The minimum absolute atomic E-state index is 0.0153. The Morgan fingerprint density at radius 1 is 0.844 bits per heavy atom. The lowest BCUT2D eigenvalue weighted by molar-refractivity contribution is 0.238. The lowest BCUT2D eigenvalue weighted by atomic mass is 9.96. The van der Waals surface area contributed by atoms with Crippen LogP contribution in [0, 0.1) is 0 Å². The Hall–Kier alpha value is -3.38. The van der Waals surface area contributed by atoms with Crippen molar-refractivity contribution in [3.05, 3.63) is 54.6 Å². The molecular formula is C26H29NO5. The first-order chi connectivity index (χ1) is 15.6. The molecule has 1 heterocycles. The van der Waals surface area contributed by atoms with Crippen molar-refractivity contribution in [3.63, 3.8) is 0 Å². The standard InChI is InChI=1S/C26H29NO5/c1-30-23-17-22(26(31-2)25(29)24(23)19-5-9-20(28)10-6-19)18-7-11-21(12-8-18)32-16-15-27-13-3-4-14-27/h5-12,17,28-29H,3-4,13-16H2,1-2H3. The van der Waals surface area contributed by atoms with Crippen LogP contribution in [-0.4, -0.2) is 55.6 Å². The van der Waals surface area contributed by atoms with Crippen molar-refractivity contribution < 1.29 is 24.4 Å². The third kappa shape index (κ3) is 4.60. The van der Waals surface area contributed by atoms with E-state index in [9.17, 15) is 10.2 Å². The molecule has 0 aliphatic carbocycles. The lowest BCUT2D eigenvalue weighted by Gasteiger charge is -2.18. The summed E-state index contributed by atoms with van der Waals surface area (Å²) in [7, 11) is 3.09. The van der Waals surface area contributed by atoms with Crippen LogP contribution in [0.1, 0.15) is 12.8 Å². The SMILES string of the molecule is COc1cc(-c2ccc(OCCN3CCCC3)cc2)c(OC)c(O)c1-c1ccc(O)cc1. The van der Waals surface area contributed by atoms with E-state index in [1.807, 2.05) is 30.3 Å². The van der Waals surface area contributed by atoms with Crippen LogP contribution in [0.3, 0.4) is 0 Å². The van der Waals surface area contributed by atoms with E-state index in [1.54, 1.807) is 31.4 Å². The van der Waals surface area contributed by atoms with E-state index in [1.165, 1.54) is 20.0 Å². The van der Waals surface area contributed by atoms with Gasteiger partial charge in [-0.1, -0.05) is 24.3 Å². The molecule has 32 heavy (non-hydrogen) atoms. The molecular weight excluding hydrogens is 406 g/mol. The Kier molecular flexibility index (Phi) is 6.71. The molecule has 1 aliphatic heterocycles. The van der Waals surface area contributed by atoms with Gasteiger partial charge in [0.25, 0.3) is 0 Å². The van der Waals surface area contributed by atoms with Gasteiger partial charge in [-0.05, 0) is 67.4 Å². The van der Waals surface area contributed by atoms with E-state index in [4.69, 9.17) is 14.2 Å². The Bertz CT molecular complexity index is 1040. The van der Waals surface area contributed by atoms with Crippen LogP contribution < -0.4 is 14.2 Å². The number of nitrogens with zero attached hydrogens (tertiary/aromatic N) is 1. The van der Waals surface area contributed by atoms with Crippen molar-refractivity contribution >= 4 is 0 Å². The highest BCUT2D eigenvalue weighted by molar-refractivity contribution is 5.87. The Labute approximate surface area is 188 Å². The topological polar surface area (TPSA) is 71.4 Å². The summed E-state index contributed by atoms with van der Waals surface area (Å²) in [6.45, 7) is 3.93. The number of ether oxygens (including phenoxy) is 3. The summed E-state index contributed by atoms with van der Waals surface area (Å²) < 4.78 is 17.1. The van der Waals surface area contributed by atoms with Gasteiger partial charge in [0.1, 0.15) is 23.9 Å². The van der Waals surface area contributed by atoms with Crippen LogP contribution in [0.15, 0.2) is 54.6 Å². The van der Waals surface area contributed by atoms with Gasteiger partial charge in [0.2, 0.25) is 0 Å². The molecule has 168 valence electrons. The molecule has 6 nitrogen and oxygen atoms in total. The van der Waals surface area contributed by atoms with Gasteiger partial charge in [-0.3, -0.25) is 4.90 Å². The lowest BCUT2D eigenvalue weighted by Crippen LogP contribution is -2.25. The third-order valence-electron chi connectivity index (χ3n) is 5.84. The summed E-state index contributed by atoms with van der Waals surface area (Å²) in [4.78, 5) is 2.42. The molecule has 1 fully saturated rings. The van der Waals surface area contributed by atoms with E-state index in [0.717, 1.165) is 30.9 Å². The van der Waals surface area contributed by atoms with Gasteiger partial charge in [-0.2, -0.15) is 0 Å². The smallest absolute Gasteiger partial charge is 0.170 e. The minimum atomic E-state index is -0.0153. The number of phenols is 2. The zero-order chi connectivity index (χ0) is 22.5. The summed E-state index contributed by atoms with van der Waals surface area (Å²) in [5, 5.41) is 20.6. The number of aromatic hydroxyl groups is 2. The maximum absolute atomic E-state index is 11.0. The van der Waals surface area contributed by atoms with Gasteiger partial charge >= 0.3 is 0 Å². The largest absolute Gasteiger partial charge is 0.508 e. The number of benzene rings is 3. The first-order valence-corrected chi connectivity index (χ1v) is 10.8. The van der Waals surface area contributed by atoms with Gasteiger partial charge in [-0.15, -0.1) is 0 Å². The van der Waals surface area contributed by atoms with Crippen molar-refractivity contribution in [1.82, 2.24) is 4.90 Å². The van der Waals surface area contributed by atoms with E-state index >= 15 is 0 Å². The van der Waals surface area contributed by atoms with E-state index < -0.39 is 0 Å². The number of methoxy groups -OCH3 is 2. The molecule has 6 heteroatoms. The van der Waals surface area contributed by atoms with Gasteiger partial charge in [0.15, 0.2) is 11.5 Å². The van der Waals surface area contributed by atoms with Crippen LogP contribution in [0.4, 0.5) is 0 Å². The predicted octanol–water partition coefficient (Wildman–Crippen LogP) is 4.92. The quantitative estimate of drug-likeness (QED) is 0.523. The average Bonchev–Trinajstić information content (AvgIpc) is 3.33. The van der Waals surface area contributed by atoms with Crippen LogP contribution in [0.2, 0.25) is 0 Å². The van der Waals surface area contributed by atoms with Crippen molar-refractivity contribution in [2.45, 2.75) is 12.8 Å². The molecule has 4 rings (SSSR count). The molecule has 1 aliphatic rings. The summed E-state index contributed by atoms with van der Waals surface area (Å²) >= 11 is 0. The number of hydrogen-bond acceptors (Lipinski definition) is 6. The molecule has 0 unspecified atom stereocenters. The molecule has 0 aromatic heterocycles. The summed E-state index contributed by atoms with van der Waals surface area (Å²) in [6, 6.07) is 16.2. The highest BCUT2D eigenvalue weighted by atomic mass is 16.5. The third-order valence-corrected chi connectivity index (χ3v) is 5.84. The van der Waals surface area contributed by atoms with Crippen LogP contribution in [-0.2, 0) is 0 Å². The van der Waals surface area contributed by atoms with Gasteiger partial charge in [-0.25, -0.2) is 0 Å². The maximum Gasteiger partial charge on any atom is 0.170 e. The van der Waals surface area contributed by atoms with E-state index in [0.29, 0.717) is 34.8 Å². The Balaban J connectivity index is 1.60. The molecule has 0 radical (unpaired) electrons.